The molecule has 1 saturated heterocycles. The highest BCUT2D eigenvalue weighted by molar-refractivity contribution is 6.06. The summed E-state index contributed by atoms with van der Waals surface area (Å²) in [5, 5.41) is 5.93. The highest BCUT2D eigenvalue weighted by Gasteiger charge is 2.29. The van der Waals surface area contributed by atoms with Crippen molar-refractivity contribution < 1.29 is 4.79 Å². The van der Waals surface area contributed by atoms with E-state index in [1.165, 1.54) is 5.56 Å². The maximum absolute atomic E-state index is 11.9. The highest BCUT2D eigenvalue weighted by atomic mass is 16.2. The Morgan fingerprint density at radius 3 is 2.53 bits per heavy atom. The van der Waals surface area contributed by atoms with Crippen molar-refractivity contribution in [3.63, 3.8) is 0 Å². The van der Waals surface area contributed by atoms with Crippen molar-refractivity contribution in [1.82, 2.24) is 10.6 Å². The molecule has 1 aromatic rings. The Hall–Kier alpha value is -1.84. The molecule has 1 aromatic carbocycles. The van der Waals surface area contributed by atoms with Crippen LogP contribution in [0.3, 0.4) is 0 Å². The second-order valence-electron chi connectivity index (χ2n) is 5.24. The summed E-state index contributed by atoms with van der Waals surface area (Å²) in [5.41, 5.74) is 2.25. The number of carbonyl (C=O) groups excluding carboxylic acids is 1. The Kier molecular flexibility index (Phi) is 4.20. The molecule has 0 bridgehead atoms. The molecule has 1 aliphatic heterocycles. The Morgan fingerprint density at radius 2 is 1.95 bits per heavy atom. The minimum Gasteiger partial charge on any atom is -0.340 e. The normalized spacial score (nSPS) is 20.7. The lowest BCUT2D eigenvalue weighted by Gasteiger charge is -2.08. The molecule has 2 rings (SSSR count). The summed E-state index contributed by atoms with van der Waals surface area (Å²) in [5.74, 6) is 1.03. The quantitative estimate of drug-likeness (QED) is 0.869. The van der Waals surface area contributed by atoms with Gasteiger partial charge in [-0.1, -0.05) is 45.0 Å². The number of aliphatic imine (C=N–C) groups is 1. The third-order valence-electron chi connectivity index (χ3n) is 3.12. The van der Waals surface area contributed by atoms with E-state index >= 15 is 0 Å². The molecule has 0 aliphatic carbocycles. The van der Waals surface area contributed by atoms with Gasteiger partial charge in [0.1, 0.15) is 6.04 Å². The van der Waals surface area contributed by atoms with Gasteiger partial charge in [-0.25, -0.2) is 0 Å². The van der Waals surface area contributed by atoms with Gasteiger partial charge in [0.05, 0.1) is 0 Å². The number of hydrogen-bond donors (Lipinski definition) is 2. The number of amides is 1. The van der Waals surface area contributed by atoms with Gasteiger partial charge in [-0.2, -0.15) is 0 Å². The van der Waals surface area contributed by atoms with Gasteiger partial charge in [-0.3, -0.25) is 15.1 Å². The van der Waals surface area contributed by atoms with E-state index in [9.17, 15) is 4.79 Å². The Balaban J connectivity index is 2.08. The predicted octanol–water partition coefficient (Wildman–Crippen LogP) is 2.02. The smallest absolute Gasteiger partial charge is 0.253 e. The number of carbonyl (C=O) groups is 1. The van der Waals surface area contributed by atoms with Crippen LogP contribution in [0.1, 0.15) is 37.9 Å². The standard InChI is InChI=1S/C15H21N3O/c1-4-11-5-7-12(8-6-11)13-14(19)18-15(17-13)16-9-10(2)3/h5-8,10,13H,4,9H2,1-3H3,(H2,16,17,18,19). The molecule has 1 atom stereocenters. The first kappa shape index (κ1) is 13.6. The zero-order valence-corrected chi connectivity index (χ0v) is 11.7. The number of guanidine groups is 1. The fourth-order valence-electron chi connectivity index (χ4n) is 1.97. The van der Waals surface area contributed by atoms with Gasteiger partial charge in [-0.05, 0) is 23.5 Å². The second kappa shape index (κ2) is 5.87. The minimum atomic E-state index is -0.322. The summed E-state index contributed by atoms with van der Waals surface area (Å²) >= 11 is 0. The monoisotopic (exact) mass is 259 g/mol. The van der Waals surface area contributed by atoms with Crippen molar-refractivity contribution in [2.45, 2.75) is 33.2 Å². The van der Waals surface area contributed by atoms with E-state index in [-0.39, 0.29) is 11.9 Å². The third-order valence-corrected chi connectivity index (χ3v) is 3.12. The number of rotatable bonds is 4. The van der Waals surface area contributed by atoms with Crippen molar-refractivity contribution in [2.24, 2.45) is 10.9 Å². The van der Waals surface area contributed by atoms with Gasteiger partial charge in [0.15, 0.2) is 5.96 Å². The van der Waals surface area contributed by atoms with Crippen LogP contribution in [0.4, 0.5) is 0 Å². The Bertz CT molecular complexity index is 477. The lowest BCUT2D eigenvalue weighted by molar-refractivity contribution is -0.120. The van der Waals surface area contributed by atoms with Crippen LogP contribution in [0.5, 0.6) is 0 Å². The van der Waals surface area contributed by atoms with Gasteiger partial charge in [0.2, 0.25) is 0 Å². The largest absolute Gasteiger partial charge is 0.340 e. The van der Waals surface area contributed by atoms with E-state index < -0.39 is 0 Å². The molecule has 19 heavy (non-hydrogen) atoms. The Morgan fingerprint density at radius 1 is 1.26 bits per heavy atom. The summed E-state index contributed by atoms with van der Waals surface area (Å²) in [7, 11) is 0. The van der Waals surface area contributed by atoms with Crippen LogP contribution < -0.4 is 10.6 Å². The topological polar surface area (TPSA) is 53.5 Å². The summed E-state index contributed by atoms with van der Waals surface area (Å²) in [4.78, 5) is 16.3. The van der Waals surface area contributed by atoms with E-state index in [1.54, 1.807) is 0 Å². The molecule has 1 amide bonds. The molecule has 1 unspecified atom stereocenters. The van der Waals surface area contributed by atoms with Crippen LogP contribution in [0.15, 0.2) is 29.3 Å². The van der Waals surface area contributed by atoms with Crippen LogP contribution in [0.25, 0.3) is 0 Å². The van der Waals surface area contributed by atoms with Gasteiger partial charge in [0.25, 0.3) is 5.91 Å². The highest BCUT2D eigenvalue weighted by Crippen LogP contribution is 2.17. The van der Waals surface area contributed by atoms with Gasteiger partial charge in [-0.15, -0.1) is 0 Å². The average molecular weight is 259 g/mol. The first-order valence-corrected chi connectivity index (χ1v) is 6.80. The first-order chi connectivity index (χ1) is 9.10. The maximum Gasteiger partial charge on any atom is 0.253 e. The van der Waals surface area contributed by atoms with Gasteiger partial charge >= 0.3 is 0 Å². The fraction of sp³-hybridized carbons (Fsp3) is 0.467. The maximum atomic E-state index is 11.9. The summed E-state index contributed by atoms with van der Waals surface area (Å²) in [6, 6.07) is 7.81. The van der Waals surface area contributed by atoms with Crippen LogP contribution in [0.2, 0.25) is 0 Å². The van der Waals surface area contributed by atoms with Crippen LogP contribution in [-0.2, 0) is 11.2 Å². The zero-order chi connectivity index (χ0) is 13.8. The number of benzene rings is 1. The van der Waals surface area contributed by atoms with Gasteiger partial charge < -0.3 is 5.32 Å². The minimum absolute atomic E-state index is 0.0354. The zero-order valence-electron chi connectivity index (χ0n) is 11.7. The van der Waals surface area contributed by atoms with E-state index in [0.29, 0.717) is 18.4 Å². The van der Waals surface area contributed by atoms with Crippen molar-refractivity contribution in [2.75, 3.05) is 6.54 Å². The molecule has 0 aromatic heterocycles. The molecule has 1 aliphatic rings. The van der Waals surface area contributed by atoms with E-state index in [0.717, 1.165) is 12.0 Å². The van der Waals surface area contributed by atoms with Crippen molar-refractivity contribution in [1.29, 1.82) is 0 Å². The molecular weight excluding hydrogens is 238 g/mol. The van der Waals surface area contributed by atoms with Gasteiger partial charge in [0, 0.05) is 6.54 Å². The summed E-state index contributed by atoms with van der Waals surface area (Å²) in [6.07, 6.45) is 1.01. The van der Waals surface area contributed by atoms with E-state index in [1.807, 2.05) is 12.1 Å². The van der Waals surface area contributed by atoms with Crippen LogP contribution >= 0.6 is 0 Å². The summed E-state index contributed by atoms with van der Waals surface area (Å²) in [6.45, 7) is 7.03. The first-order valence-electron chi connectivity index (χ1n) is 6.80. The summed E-state index contributed by atoms with van der Waals surface area (Å²) < 4.78 is 0. The molecule has 1 fully saturated rings. The molecule has 102 valence electrons. The lowest BCUT2D eigenvalue weighted by Crippen LogP contribution is -2.26. The van der Waals surface area contributed by atoms with E-state index in [4.69, 9.17) is 0 Å². The molecule has 0 radical (unpaired) electrons. The van der Waals surface area contributed by atoms with Crippen molar-refractivity contribution >= 4 is 11.9 Å². The number of hydrogen-bond acceptors (Lipinski definition) is 2. The number of nitrogens with one attached hydrogen (secondary N) is 2. The molecule has 2 N–H and O–H groups in total. The molecule has 4 heteroatoms. The SMILES string of the molecule is CCc1ccc(C2NC(=NCC(C)C)NC2=O)cc1. The van der Waals surface area contributed by atoms with Crippen molar-refractivity contribution in [3.8, 4) is 0 Å². The van der Waals surface area contributed by atoms with Crippen molar-refractivity contribution in [3.05, 3.63) is 35.4 Å². The number of nitrogens with zero attached hydrogens (tertiary/aromatic N) is 1. The number of aryl methyl sites for hydroxylation is 1. The lowest BCUT2D eigenvalue weighted by atomic mass is 10.0. The molecule has 1 heterocycles. The van der Waals surface area contributed by atoms with Crippen LogP contribution in [-0.4, -0.2) is 18.4 Å². The molecule has 0 saturated carbocycles. The second-order valence-corrected chi connectivity index (χ2v) is 5.24. The molecular formula is C15H21N3O. The predicted molar refractivity (Wildman–Crippen MR) is 77.0 cm³/mol. The molecule has 4 nitrogen and oxygen atoms in total. The van der Waals surface area contributed by atoms with E-state index in [2.05, 4.69) is 48.5 Å². The van der Waals surface area contributed by atoms with Crippen LogP contribution in [0, 0.1) is 5.92 Å². The third kappa shape index (κ3) is 3.34. The Labute approximate surface area is 114 Å². The fourth-order valence-corrected chi connectivity index (χ4v) is 1.97. The average Bonchev–Trinajstić information content (AvgIpc) is 2.78. The molecule has 0 spiro atoms.